The minimum Gasteiger partial charge on any atom is -0.349 e. The van der Waals surface area contributed by atoms with E-state index in [1.807, 2.05) is 6.07 Å². The number of pyridine rings is 1. The highest BCUT2D eigenvalue weighted by Crippen LogP contribution is 2.47. The van der Waals surface area contributed by atoms with E-state index in [1.54, 1.807) is 0 Å². The second-order valence-corrected chi connectivity index (χ2v) is 5.92. The van der Waals surface area contributed by atoms with Crippen molar-refractivity contribution in [2.45, 2.75) is 44.9 Å². The summed E-state index contributed by atoms with van der Waals surface area (Å²) in [6, 6.07) is 4.21. The largest absolute Gasteiger partial charge is 0.349 e. The van der Waals surface area contributed by atoms with Gasteiger partial charge in [-0.1, -0.05) is 25.1 Å². The molecule has 3 heteroatoms. The average Bonchev–Trinajstić information content (AvgIpc) is 2.77. The lowest BCUT2D eigenvalue weighted by Gasteiger charge is -2.34. The SMILES string of the molecule is N#Cc1cc2c([nH]c1=S)CCC1(CCCC1)C2. The van der Waals surface area contributed by atoms with Gasteiger partial charge in [-0.2, -0.15) is 5.26 Å². The summed E-state index contributed by atoms with van der Waals surface area (Å²) < 4.78 is 0.605. The molecule has 1 saturated carbocycles. The number of aromatic nitrogens is 1. The van der Waals surface area contributed by atoms with E-state index < -0.39 is 0 Å². The van der Waals surface area contributed by atoms with Crippen molar-refractivity contribution < 1.29 is 0 Å². The third-order valence-corrected chi connectivity index (χ3v) is 4.79. The second kappa shape index (κ2) is 3.96. The van der Waals surface area contributed by atoms with Gasteiger partial charge in [-0.15, -0.1) is 0 Å². The Bertz CT molecular complexity index is 544. The van der Waals surface area contributed by atoms with Gasteiger partial charge < -0.3 is 4.98 Å². The van der Waals surface area contributed by atoms with Crippen LogP contribution in [0.2, 0.25) is 0 Å². The zero-order valence-corrected chi connectivity index (χ0v) is 10.7. The second-order valence-electron chi connectivity index (χ2n) is 5.51. The van der Waals surface area contributed by atoms with Crippen LogP contribution < -0.4 is 0 Å². The Kier molecular flexibility index (Phi) is 2.56. The quantitative estimate of drug-likeness (QED) is 0.707. The van der Waals surface area contributed by atoms with Crippen LogP contribution in [0, 0.1) is 21.4 Å². The molecule has 1 aromatic heterocycles. The Morgan fingerprint density at radius 3 is 2.76 bits per heavy atom. The Labute approximate surface area is 107 Å². The van der Waals surface area contributed by atoms with E-state index >= 15 is 0 Å². The molecule has 0 amide bonds. The molecule has 0 radical (unpaired) electrons. The molecule has 1 fully saturated rings. The summed E-state index contributed by atoms with van der Waals surface area (Å²) in [5, 5.41) is 9.04. The van der Waals surface area contributed by atoms with Crippen molar-refractivity contribution in [3.8, 4) is 6.07 Å². The van der Waals surface area contributed by atoms with Crippen molar-refractivity contribution in [3.05, 3.63) is 27.5 Å². The fraction of sp³-hybridized carbons (Fsp3) is 0.571. The zero-order chi connectivity index (χ0) is 11.9. The maximum atomic E-state index is 9.04. The number of nitrogens with zero attached hydrogens (tertiary/aromatic N) is 1. The molecule has 2 aliphatic carbocycles. The van der Waals surface area contributed by atoms with Gasteiger partial charge in [-0.05, 0) is 49.1 Å². The molecule has 1 heterocycles. The van der Waals surface area contributed by atoms with E-state index in [1.165, 1.54) is 43.4 Å². The van der Waals surface area contributed by atoms with E-state index in [0.717, 1.165) is 12.8 Å². The summed E-state index contributed by atoms with van der Waals surface area (Å²) in [4.78, 5) is 3.25. The summed E-state index contributed by atoms with van der Waals surface area (Å²) in [7, 11) is 0. The van der Waals surface area contributed by atoms with Crippen LogP contribution in [0.5, 0.6) is 0 Å². The van der Waals surface area contributed by atoms with Gasteiger partial charge in [-0.25, -0.2) is 0 Å². The lowest BCUT2D eigenvalue weighted by Crippen LogP contribution is -2.26. The van der Waals surface area contributed by atoms with Crippen LogP contribution in [0.25, 0.3) is 0 Å². The van der Waals surface area contributed by atoms with E-state index in [0.29, 0.717) is 15.6 Å². The molecule has 17 heavy (non-hydrogen) atoms. The van der Waals surface area contributed by atoms with Gasteiger partial charge in [0.2, 0.25) is 0 Å². The highest BCUT2D eigenvalue weighted by Gasteiger charge is 2.37. The number of nitrogens with one attached hydrogen (secondary N) is 1. The molecule has 0 aliphatic heterocycles. The lowest BCUT2D eigenvalue weighted by molar-refractivity contribution is 0.252. The van der Waals surface area contributed by atoms with Gasteiger partial charge in [0.05, 0.1) is 5.56 Å². The molecule has 2 nitrogen and oxygen atoms in total. The van der Waals surface area contributed by atoms with Crippen LogP contribution in [0.1, 0.15) is 48.9 Å². The molecule has 3 rings (SSSR count). The molecule has 0 unspecified atom stereocenters. The molecule has 2 aliphatic rings. The maximum Gasteiger partial charge on any atom is 0.121 e. The summed E-state index contributed by atoms with van der Waals surface area (Å²) in [6.07, 6.45) is 9.02. The minimum atomic E-state index is 0.538. The first-order chi connectivity index (χ1) is 8.22. The molecule has 0 bridgehead atoms. The number of aryl methyl sites for hydroxylation is 1. The van der Waals surface area contributed by atoms with Gasteiger partial charge in [0.15, 0.2) is 0 Å². The van der Waals surface area contributed by atoms with Crippen LogP contribution in [-0.4, -0.2) is 4.98 Å². The highest BCUT2D eigenvalue weighted by molar-refractivity contribution is 7.71. The third-order valence-electron chi connectivity index (χ3n) is 4.47. The molecule has 0 aromatic carbocycles. The number of nitriles is 1. The molecule has 88 valence electrons. The van der Waals surface area contributed by atoms with Gasteiger partial charge in [0.1, 0.15) is 10.7 Å². The topological polar surface area (TPSA) is 39.6 Å². The number of rotatable bonds is 0. The highest BCUT2D eigenvalue weighted by atomic mass is 32.1. The Balaban J connectivity index is 2.02. The number of hydrogen-bond donors (Lipinski definition) is 1. The zero-order valence-electron chi connectivity index (χ0n) is 9.88. The predicted molar refractivity (Wildman–Crippen MR) is 69.3 cm³/mol. The van der Waals surface area contributed by atoms with Crippen LogP contribution in [-0.2, 0) is 12.8 Å². The average molecular weight is 244 g/mol. The van der Waals surface area contributed by atoms with Crippen molar-refractivity contribution in [2.75, 3.05) is 0 Å². The van der Waals surface area contributed by atoms with Crippen molar-refractivity contribution in [1.82, 2.24) is 4.98 Å². The van der Waals surface area contributed by atoms with Crippen molar-refractivity contribution >= 4 is 12.2 Å². The number of hydrogen-bond acceptors (Lipinski definition) is 2. The normalized spacial score (nSPS) is 21.1. The summed E-state index contributed by atoms with van der Waals surface area (Å²) in [6.45, 7) is 0. The summed E-state index contributed by atoms with van der Waals surface area (Å²) in [5.74, 6) is 0. The third kappa shape index (κ3) is 1.81. The first-order valence-electron chi connectivity index (χ1n) is 6.38. The standard InChI is InChI=1S/C14H16N2S/c15-9-11-7-10-8-14(4-1-2-5-14)6-3-12(10)16-13(11)17/h7H,1-6,8H2,(H,16,17). The van der Waals surface area contributed by atoms with Crippen LogP contribution in [0.3, 0.4) is 0 Å². The van der Waals surface area contributed by atoms with Gasteiger partial charge in [-0.3, -0.25) is 0 Å². The van der Waals surface area contributed by atoms with E-state index in [-0.39, 0.29) is 0 Å². The first kappa shape index (κ1) is 11.0. The molecule has 0 atom stereocenters. The smallest absolute Gasteiger partial charge is 0.121 e. The fourth-order valence-corrected chi connectivity index (χ4v) is 3.74. The Morgan fingerprint density at radius 2 is 2.06 bits per heavy atom. The maximum absolute atomic E-state index is 9.04. The summed E-state index contributed by atoms with van der Waals surface area (Å²) >= 11 is 5.18. The van der Waals surface area contributed by atoms with Crippen molar-refractivity contribution in [2.24, 2.45) is 5.41 Å². The molecule has 1 spiro atoms. The van der Waals surface area contributed by atoms with E-state index in [2.05, 4.69) is 11.1 Å². The van der Waals surface area contributed by atoms with Crippen molar-refractivity contribution in [1.29, 1.82) is 5.26 Å². The van der Waals surface area contributed by atoms with Crippen LogP contribution in [0.4, 0.5) is 0 Å². The Morgan fingerprint density at radius 1 is 1.29 bits per heavy atom. The Hall–Kier alpha value is -1.14. The van der Waals surface area contributed by atoms with E-state index in [9.17, 15) is 0 Å². The fourth-order valence-electron chi connectivity index (χ4n) is 3.51. The van der Waals surface area contributed by atoms with Crippen LogP contribution >= 0.6 is 12.2 Å². The predicted octanol–water partition coefficient (Wildman–Crippen LogP) is 3.66. The molecular weight excluding hydrogens is 228 g/mol. The first-order valence-corrected chi connectivity index (χ1v) is 6.78. The van der Waals surface area contributed by atoms with Gasteiger partial charge in [0, 0.05) is 5.69 Å². The minimum absolute atomic E-state index is 0.538. The van der Waals surface area contributed by atoms with Gasteiger partial charge >= 0.3 is 0 Å². The molecular formula is C14H16N2S. The summed E-state index contributed by atoms with van der Waals surface area (Å²) in [5.41, 5.74) is 3.78. The molecule has 1 aromatic rings. The number of H-pyrrole nitrogens is 1. The van der Waals surface area contributed by atoms with E-state index in [4.69, 9.17) is 17.5 Å². The number of aromatic amines is 1. The van der Waals surface area contributed by atoms with Gasteiger partial charge in [0.25, 0.3) is 0 Å². The lowest BCUT2D eigenvalue weighted by atomic mass is 9.71. The monoisotopic (exact) mass is 244 g/mol. The van der Waals surface area contributed by atoms with Crippen molar-refractivity contribution in [3.63, 3.8) is 0 Å². The molecule has 1 N–H and O–H groups in total. The number of fused-ring (bicyclic) bond motifs is 1. The molecule has 0 saturated heterocycles. The van der Waals surface area contributed by atoms with Crippen LogP contribution in [0.15, 0.2) is 6.07 Å².